The van der Waals surface area contributed by atoms with E-state index in [-0.39, 0.29) is 6.10 Å². The second-order valence-corrected chi connectivity index (χ2v) is 4.96. The summed E-state index contributed by atoms with van der Waals surface area (Å²) < 4.78 is 11.2. The lowest BCUT2D eigenvalue weighted by atomic mass is 10.2. The Hall–Kier alpha value is -1.59. The van der Waals surface area contributed by atoms with Gasteiger partial charge < -0.3 is 19.4 Å². The number of rotatable bonds is 3. The average Bonchev–Trinajstić information content (AvgIpc) is 2.78. The quantitative estimate of drug-likeness (QED) is 0.908. The standard InChI is InChI=1S/C14H19N3O2/c1-10-16-13-7-11(3-4-14(13)19-10)17(2)9-12-8-15-5-6-18-12/h3-4,7,12,15H,5-6,8-9H2,1-2H3. The first-order valence-corrected chi connectivity index (χ1v) is 6.63. The molecule has 5 heteroatoms. The van der Waals surface area contributed by atoms with Gasteiger partial charge in [0.2, 0.25) is 0 Å². The van der Waals surface area contributed by atoms with Crippen molar-refractivity contribution < 1.29 is 9.15 Å². The number of nitrogens with one attached hydrogen (secondary N) is 1. The van der Waals surface area contributed by atoms with E-state index in [1.54, 1.807) is 0 Å². The van der Waals surface area contributed by atoms with E-state index in [2.05, 4.69) is 34.4 Å². The molecule has 0 aliphatic carbocycles. The lowest BCUT2D eigenvalue weighted by Crippen LogP contribution is -2.44. The number of morpholine rings is 1. The summed E-state index contributed by atoms with van der Waals surface area (Å²) in [7, 11) is 2.08. The SMILES string of the molecule is Cc1nc2cc(N(C)CC3CNCCO3)ccc2o1. The Balaban J connectivity index is 1.74. The van der Waals surface area contributed by atoms with E-state index in [1.807, 2.05) is 13.0 Å². The van der Waals surface area contributed by atoms with Gasteiger partial charge in [0.25, 0.3) is 0 Å². The molecule has 0 saturated carbocycles. The van der Waals surface area contributed by atoms with Crippen LogP contribution in [0.2, 0.25) is 0 Å². The zero-order chi connectivity index (χ0) is 13.2. The van der Waals surface area contributed by atoms with Crippen molar-refractivity contribution in [1.29, 1.82) is 0 Å². The molecule has 102 valence electrons. The van der Waals surface area contributed by atoms with E-state index in [0.717, 1.165) is 43.0 Å². The molecule has 5 nitrogen and oxygen atoms in total. The topological polar surface area (TPSA) is 50.5 Å². The molecule has 1 fully saturated rings. The molecular weight excluding hydrogens is 242 g/mol. The molecule has 1 aliphatic heterocycles. The van der Waals surface area contributed by atoms with Crippen molar-refractivity contribution in [3.8, 4) is 0 Å². The zero-order valence-corrected chi connectivity index (χ0v) is 11.3. The van der Waals surface area contributed by atoms with Crippen LogP contribution < -0.4 is 10.2 Å². The van der Waals surface area contributed by atoms with E-state index in [0.29, 0.717) is 5.89 Å². The Morgan fingerprint density at radius 3 is 3.16 bits per heavy atom. The van der Waals surface area contributed by atoms with Gasteiger partial charge in [0, 0.05) is 39.3 Å². The molecule has 1 N–H and O–H groups in total. The highest BCUT2D eigenvalue weighted by Gasteiger charge is 2.16. The third-order valence-corrected chi connectivity index (χ3v) is 3.40. The first kappa shape index (κ1) is 12.4. The fourth-order valence-corrected chi connectivity index (χ4v) is 2.42. The fraction of sp³-hybridized carbons (Fsp3) is 0.500. The number of nitrogens with zero attached hydrogens (tertiary/aromatic N) is 2. The molecular formula is C14H19N3O2. The first-order chi connectivity index (χ1) is 9.22. The molecule has 0 amide bonds. The largest absolute Gasteiger partial charge is 0.441 e. The van der Waals surface area contributed by atoms with Gasteiger partial charge in [-0.05, 0) is 18.2 Å². The summed E-state index contributed by atoms with van der Waals surface area (Å²) in [5.74, 6) is 0.703. The van der Waals surface area contributed by atoms with Crippen LogP contribution in [0.15, 0.2) is 22.6 Å². The van der Waals surface area contributed by atoms with Crippen LogP contribution in [-0.2, 0) is 4.74 Å². The minimum atomic E-state index is 0.244. The smallest absolute Gasteiger partial charge is 0.192 e. The summed E-state index contributed by atoms with van der Waals surface area (Å²) in [4.78, 5) is 6.56. The fourth-order valence-electron chi connectivity index (χ4n) is 2.42. The van der Waals surface area contributed by atoms with Crippen LogP contribution in [0.25, 0.3) is 11.1 Å². The third kappa shape index (κ3) is 2.72. The number of likely N-dealkylation sites (N-methyl/N-ethyl adjacent to an activating group) is 1. The van der Waals surface area contributed by atoms with Gasteiger partial charge in [-0.25, -0.2) is 4.98 Å². The summed E-state index contributed by atoms with van der Waals surface area (Å²) in [6, 6.07) is 6.09. The minimum Gasteiger partial charge on any atom is -0.441 e. The van der Waals surface area contributed by atoms with Crippen molar-refractivity contribution in [3.63, 3.8) is 0 Å². The molecule has 19 heavy (non-hydrogen) atoms. The maximum atomic E-state index is 5.72. The second kappa shape index (κ2) is 5.19. The number of hydrogen-bond acceptors (Lipinski definition) is 5. The van der Waals surface area contributed by atoms with Crippen LogP contribution in [0.4, 0.5) is 5.69 Å². The van der Waals surface area contributed by atoms with Crippen molar-refractivity contribution in [2.45, 2.75) is 13.0 Å². The summed E-state index contributed by atoms with van der Waals surface area (Å²) in [6.45, 7) is 5.39. The highest BCUT2D eigenvalue weighted by molar-refractivity contribution is 5.77. The van der Waals surface area contributed by atoms with Crippen LogP contribution in [0.5, 0.6) is 0 Å². The number of oxazole rings is 1. The van der Waals surface area contributed by atoms with Crippen molar-refractivity contribution in [3.05, 3.63) is 24.1 Å². The predicted molar refractivity (Wildman–Crippen MR) is 74.6 cm³/mol. The molecule has 3 rings (SSSR count). The van der Waals surface area contributed by atoms with Gasteiger partial charge in [-0.15, -0.1) is 0 Å². The van der Waals surface area contributed by atoms with E-state index < -0.39 is 0 Å². The van der Waals surface area contributed by atoms with E-state index in [1.165, 1.54) is 0 Å². The molecule has 2 heterocycles. The van der Waals surface area contributed by atoms with Crippen LogP contribution in [0, 0.1) is 6.92 Å². The molecule has 1 saturated heterocycles. The number of anilines is 1. The molecule has 1 aromatic heterocycles. The lowest BCUT2D eigenvalue weighted by molar-refractivity contribution is 0.0340. The van der Waals surface area contributed by atoms with Gasteiger partial charge in [0.05, 0.1) is 12.7 Å². The third-order valence-electron chi connectivity index (χ3n) is 3.40. The van der Waals surface area contributed by atoms with Gasteiger partial charge >= 0.3 is 0 Å². The molecule has 1 aromatic carbocycles. The number of ether oxygens (including phenoxy) is 1. The molecule has 1 unspecified atom stereocenters. The zero-order valence-electron chi connectivity index (χ0n) is 11.3. The lowest BCUT2D eigenvalue weighted by Gasteiger charge is -2.29. The average molecular weight is 261 g/mol. The molecule has 0 spiro atoms. The Morgan fingerprint density at radius 1 is 1.47 bits per heavy atom. The Morgan fingerprint density at radius 2 is 2.37 bits per heavy atom. The monoisotopic (exact) mass is 261 g/mol. The summed E-state index contributed by atoms with van der Waals surface area (Å²) in [5.41, 5.74) is 2.88. The van der Waals surface area contributed by atoms with E-state index in [9.17, 15) is 0 Å². The highest BCUT2D eigenvalue weighted by Crippen LogP contribution is 2.22. The first-order valence-electron chi connectivity index (χ1n) is 6.63. The van der Waals surface area contributed by atoms with E-state index in [4.69, 9.17) is 9.15 Å². The van der Waals surface area contributed by atoms with Crippen LogP contribution in [0.1, 0.15) is 5.89 Å². The summed E-state index contributed by atoms with van der Waals surface area (Å²) in [5, 5.41) is 3.35. The predicted octanol–water partition coefficient (Wildman–Crippen LogP) is 1.56. The van der Waals surface area contributed by atoms with E-state index >= 15 is 0 Å². The van der Waals surface area contributed by atoms with Crippen LogP contribution in [0.3, 0.4) is 0 Å². The molecule has 1 atom stereocenters. The molecule has 0 bridgehead atoms. The molecule has 2 aromatic rings. The van der Waals surface area contributed by atoms with Gasteiger partial charge in [-0.2, -0.15) is 0 Å². The van der Waals surface area contributed by atoms with Gasteiger partial charge in [-0.3, -0.25) is 0 Å². The number of fused-ring (bicyclic) bond motifs is 1. The van der Waals surface area contributed by atoms with Crippen LogP contribution >= 0.6 is 0 Å². The Labute approximate surface area is 112 Å². The molecule has 0 radical (unpaired) electrons. The number of aryl methyl sites for hydroxylation is 1. The Bertz CT molecular complexity index is 561. The van der Waals surface area contributed by atoms with Gasteiger partial charge in [0.1, 0.15) is 5.52 Å². The van der Waals surface area contributed by atoms with Crippen molar-refractivity contribution >= 4 is 16.8 Å². The van der Waals surface area contributed by atoms with Crippen LogP contribution in [-0.4, -0.2) is 44.4 Å². The van der Waals surface area contributed by atoms with Gasteiger partial charge in [-0.1, -0.05) is 0 Å². The maximum Gasteiger partial charge on any atom is 0.192 e. The number of benzene rings is 1. The Kier molecular flexibility index (Phi) is 3.40. The number of hydrogen-bond donors (Lipinski definition) is 1. The minimum absolute atomic E-state index is 0.244. The second-order valence-electron chi connectivity index (χ2n) is 4.96. The highest BCUT2D eigenvalue weighted by atomic mass is 16.5. The van der Waals surface area contributed by atoms with Gasteiger partial charge in [0.15, 0.2) is 11.5 Å². The maximum absolute atomic E-state index is 5.72. The number of aromatic nitrogens is 1. The summed E-state index contributed by atoms with van der Waals surface area (Å²) >= 11 is 0. The van der Waals surface area contributed by atoms with Crippen molar-refractivity contribution in [2.24, 2.45) is 0 Å². The molecule has 1 aliphatic rings. The summed E-state index contributed by atoms with van der Waals surface area (Å²) in [6.07, 6.45) is 0.244. The van der Waals surface area contributed by atoms with Crippen molar-refractivity contribution in [2.75, 3.05) is 38.2 Å². The normalized spacial score (nSPS) is 19.8. The van der Waals surface area contributed by atoms with Crippen molar-refractivity contribution in [1.82, 2.24) is 10.3 Å².